The number of hydrogen-bond acceptors (Lipinski definition) is 4. The third kappa shape index (κ3) is 3.45. The van der Waals surface area contributed by atoms with Crippen LogP contribution in [0.3, 0.4) is 0 Å². The van der Waals surface area contributed by atoms with Gasteiger partial charge in [0.1, 0.15) is 5.75 Å². The first-order valence-corrected chi connectivity index (χ1v) is 6.53. The van der Waals surface area contributed by atoms with Crippen LogP contribution in [0.25, 0.3) is 0 Å². The molecule has 2 N–H and O–H groups in total. The lowest BCUT2D eigenvalue weighted by molar-refractivity contribution is -0.120. The van der Waals surface area contributed by atoms with E-state index in [2.05, 4.69) is 10.6 Å². The number of likely N-dealkylation sites (N-methyl/N-ethyl adjacent to an activating group) is 1. The predicted octanol–water partition coefficient (Wildman–Crippen LogP) is 1.26. The fourth-order valence-corrected chi connectivity index (χ4v) is 2.13. The Labute approximate surface area is 113 Å². The Morgan fingerprint density at radius 2 is 2.11 bits per heavy atom. The van der Waals surface area contributed by atoms with Gasteiger partial charge in [-0.25, -0.2) is 0 Å². The number of ether oxygens (including phenoxy) is 2. The van der Waals surface area contributed by atoms with Crippen LogP contribution in [-0.4, -0.2) is 38.8 Å². The molecule has 1 aliphatic rings. The minimum absolute atomic E-state index is 0.0130. The van der Waals surface area contributed by atoms with Crippen LogP contribution in [0.15, 0.2) is 24.3 Å². The van der Waals surface area contributed by atoms with Gasteiger partial charge in [-0.2, -0.15) is 0 Å². The van der Waals surface area contributed by atoms with Crippen LogP contribution < -0.4 is 15.4 Å². The third-order valence-corrected chi connectivity index (χ3v) is 3.22. The highest BCUT2D eigenvalue weighted by Crippen LogP contribution is 2.19. The lowest BCUT2D eigenvalue weighted by Crippen LogP contribution is -2.39. The molecule has 0 radical (unpaired) electrons. The maximum absolute atomic E-state index is 12.1. The third-order valence-electron chi connectivity index (χ3n) is 3.22. The SMILES string of the molecule is CCOc1ccc(NC(=O)C2COCC2NC)cc1. The topological polar surface area (TPSA) is 59.6 Å². The Balaban J connectivity index is 1.94. The molecule has 1 aromatic rings. The Hall–Kier alpha value is -1.59. The minimum Gasteiger partial charge on any atom is -0.494 e. The van der Waals surface area contributed by atoms with Gasteiger partial charge in [0.2, 0.25) is 5.91 Å². The Kier molecular flexibility index (Phi) is 4.76. The molecule has 2 unspecified atom stereocenters. The van der Waals surface area contributed by atoms with E-state index in [9.17, 15) is 4.79 Å². The summed E-state index contributed by atoms with van der Waals surface area (Å²) < 4.78 is 10.7. The van der Waals surface area contributed by atoms with E-state index in [4.69, 9.17) is 9.47 Å². The van der Waals surface area contributed by atoms with Gasteiger partial charge < -0.3 is 20.1 Å². The first kappa shape index (κ1) is 13.8. The summed E-state index contributed by atoms with van der Waals surface area (Å²) in [6.45, 7) is 3.62. The van der Waals surface area contributed by atoms with Crippen molar-refractivity contribution in [3.8, 4) is 5.75 Å². The number of anilines is 1. The number of carbonyl (C=O) groups is 1. The normalized spacial score (nSPS) is 22.2. The van der Waals surface area contributed by atoms with Crippen molar-refractivity contribution in [3.63, 3.8) is 0 Å². The van der Waals surface area contributed by atoms with Crippen molar-refractivity contribution in [3.05, 3.63) is 24.3 Å². The highest BCUT2D eigenvalue weighted by atomic mass is 16.5. The summed E-state index contributed by atoms with van der Waals surface area (Å²) in [4.78, 5) is 12.1. The van der Waals surface area contributed by atoms with Crippen LogP contribution in [0.5, 0.6) is 5.75 Å². The molecule has 0 spiro atoms. The van der Waals surface area contributed by atoms with E-state index in [1.54, 1.807) is 0 Å². The molecule has 19 heavy (non-hydrogen) atoms. The van der Waals surface area contributed by atoms with E-state index in [0.717, 1.165) is 11.4 Å². The molecule has 1 fully saturated rings. The number of nitrogens with one attached hydrogen (secondary N) is 2. The summed E-state index contributed by atoms with van der Waals surface area (Å²) in [5.41, 5.74) is 0.773. The van der Waals surface area contributed by atoms with E-state index in [1.165, 1.54) is 0 Å². The summed E-state index contributed by atoms with van der Waals surface area (Å²) in [7, 11) is 1.84. The number of amides is 1. The monoisotopic (exact) mass is 264 g/mol. The summed E-state index contributed by atoms with van der Waals surface area (Å²) >= 11 is 0. The fourth-order valence-electron chi connectivity index (χ4n) is 2.13. The Morgan fingerprint density at radius 1 is 1.37 bits per heavy atom. The Bertz CT molecular complexity index is 419. The predicted molar refractivity (Wildman–Crippen MR) is 73.4 cm³/mol. The zero-order valence-electron chi connectivity index (χ0n) is 11.3. The van der Waals surface area contributed by atoms with Gasteiger partial charge in [-0.05, 0) is 38.2 Å². The van der Waals surface area contributed by atoms with E-state index in [0.29, 0.717) is 19.8 Å². The molecule has 2 atom stereocenters. The first-order chi connectivity index (χ1) is 9.24. The average Bonchev–Trinajstić information content (AvgIpc) is 2.90. The van der Waals surface area contributed by atoms with E-state index in [1.807, 2.05) is 38.2 Å². The molecule has 0 aliphatic carbocycles. The standard InChI is InChI=1S/C14H20N2O3/c1-3-19-11-6-4-10(5-7-11)16-14(17)12-8-18-9-13(12)15-2/h4-7,12-13,15H,3,8-9H2,1-2H3,(H,16,17). The molecule has 2 rings (SSSR count). The van der Waals surface area contributed by atoms with E-state index in [-0.39, 0.29) is 17.9 Å². The quantitative estimate of drug-likeness (QED) is 0.840. The average molecular weight is 264 g/mol. The molecule has 1 aromatic carbocycles. The van der Waals surface area contributed by atoms with Crippen molar-refractivity contribution in [1.82, 2.24) is 5.32 Å². The first-order valence-electron chi connectivity index (χ1n) is 6.53. The lowest BCUT2D eigenvalue weighted by Gasteiger charge is -2.16. The van der Waals surface area contributed by atoms with Gasteiger partial charge in [-0.1, -0.05) is 0 Å². The molecule has 104 valence electrons. The highest BCUT2D eigenvalue weighted by Gasteiger charge is 2.32. The number of carbonyl (C=O) groups excluding carboxylic acids is 1. The van der Waals surface area contributed by atoms with Crippen LogP contribution in [0.2, 0.25) is 0 Å². The number of hydrogen-bond donors (Lipinski definition) is 2. The van der Waals surface area contributed by atoms with Crippen molar-refractivity contribution < 1.29 is 14.3 Å². The van der Waals surface area contributed by atoms with Crippen LogP contribution >= 0.6 is 0 Å². The van der Waals surface area contributed by atoms with Gasteiger partial charge in [0.15, 0.2) is 0 Å². The van der Waals surface area contributed by atoms with Crippen LogP contribution in [-0.2, 0) is 9.53 Å². The fraction of sp³-hybridized carbons (Fsp3) is 0.500. The summed E-state index contributed by atoms with van der Waals surface area (Å²) in [6, 6.07) is 7.46. The second-order valence-corrected chi connectivity index (χ2v) is 4.49. The molecule has 0 saturated carbocycles. The van der Waals surface area contributed by atoms with Crippen molar-refractivity contribution in [2.75, 3.05) is 32.2 Å². The Morgan fingerprint density at radius 3 is 2.74 bits per heavy atom. The molecule has 5 heteroatoms. The van der Waals surface area contributed by atoms with Gasteiger partial charge in [0.25, 0.3) is 0 Å². The van der Waals surface area contributed by atoms with Gasteiger partial charge >= 0.3 is 0 Å². The molecular formula is C14H20N2O3. The zero-order valence-corrected chi connectivity index (χ0v) is 11.3. The lowest BCUT2D eigenvalue weighted by atomic mass is 10.0. The molecular weight excluding hydrogens is 244 g/mol. The number of benzene rings is 1. The minimum atomic E-state index is -0.142. The molecule has 1 heterocycles. The molecule has 1 amide bonds. The van der Waals surface area contributed by atoms with E-state index < -0.39 is 0 Å². The maximum atomic E-state index is 12.1. The summed E-state index contributed by atoms with van der Waals surface area (Å²) in [5.74, 6) is 0.648. The van der Waals surface area contributed by atoms with Crippen molar-refractivity contribution in [1.29, 1.82) is 0 Å². The molecule has 5 nitrogen and oxygen atoms in total. The van der Waals surface area contributed by atoms with Crippen LogP contribution in [0.1, 0.15) is 6.92 Å². The zero-order chi connectivity index (χ0) is 13.7. The smallest absolute Gasteiger partial charge is 0.231 e. The molecule has 0 aromatic heterocycles. The highest BCUT2D eigenvalue weighted by molar-refractivity contribution is 5.93. The summed E-state index contributed by atoms with van der Waals surface area (Å²) in [5, 5.41) is 6.00. The van der Waals surface area contributed by atoms with Crippen molar-refractivity contribution in [2.24, 2.45) is 5.92 Å². The maximum Gasteiger partial charge on any atom is 0.231 e. The second-order valence-electron chi connectivity index (χ2n) is 4.49. The number of rotatable bonds is 5. The largest absolute Gasteiger partial charge is 0.494 e. The molecule has 1 aliphatic heterocycles. The van der Waals surface area contributed by atoms with Gasteiger partial charge in [-0.15, -0.1) is 0 Å². The van der Waals surface area contributed by atoms with Gasteiger partial charge in [0.05, 0.1) is 25.7 Å². The summed E-state index contributed by atoms with van der Waals surface area (Å²) in [6.07, 6.45) is 0. The van der Waals surface area contributed by atoms with Crippen LogP contribution in [0.4, 0.5) is 5.69 Å². The van der Waals surface area contributed by atoms with Crippen LogP contribution in [0, 0.1) is 5.92 Å². The molecule has 0 bridgehead atoms. The second kappa shape index (κ2) is 6.54. The van der Waals surface area contributed by atoms with Gasteiger partial charge in [-0.3, -0.25) is 4.79 Å². The molecule has 1 saturated heterocycles. The van der Waals surface area contributed by atoms with E-state index >= 15 is 0 Å². The van der Waals surface area contributed by atoms with Crippen molar-refractivity contribution >= 4 is 11.6 Å². The van der Waals surface area contributed by atoms with Crippen molar-refractivity contribution in [2.45, 2.75) is 13.0 Å². The van der Waals surface area contributed by atoms with Gasteiger partial charge in [0, 0.05) is 11.7 Å².